The van der Waals surface area contributed by atoms with Crippen LogP contribution >= 0.6 is 0 Å². The molecule has 0 aliphatic carbocycles. The van der Waals surface area contributed by atoms with Crippen molar-refractivity contribution in [3.63, 3.8) is 0 Å². The number of rotatable bonds is 4. The van der Waals surface area contributed by atoms with Gasteiger partial charge in [-0.1, -0.05) is 30.7 Å². The van der Waals surface area contributed by atoms with Crippen LogP contribution in [0.25, 0.3) is 0 Å². The molecule has 1 amide bonds. The number of likely N-dealkylation sites (tertiary alicyclic amines) is 1. The van der Waals surface area contributed by atoms with Crippen molar-refractivity contribution in [2.45, 2.75) is 46.1 Å². The van der Waals surface area contributed by atoms with Gasteiger partial charge in [-0.05, 0) is 37.8 Å². The summed E-state index contributed by atoms with van der Waals surface area (Å²) in [6.07, 6.45) is 1.59. The third-order valence-electron chi connectivity index (χ3n) is 4.24. The monoisotopic (exact) mass is 289 g/mol. The largest absolute Gasteiger partial charge is 0.481 e. The third-order valence-corrected chi connectivity index (χ3v) is 4.24. The lowest BCUT2D eigenvalue weighted by Gasteiger charge is -2.40. The van der Waals surface area contributed by atoms with Gasteiger partial charge in [0.15, 0.2) is 0 Å². The van der Waals surface area contributed by atoms with Gasteiger partial charge in [-0.3, -0.25) is 9.59 Å². The first kappa shape index (κ1) is 15.5. The maximum absolute atomic E-state index is 12.3. The van der Waals surface area contributed by atoms with E-state index in [4.69, 9.17) is 0 Å². The molecule has 0 bridgehead atoms. The zero-order chi connectivity index (χ0) is 15.6. The number of amides is 1. The van der Waals surface area contributed by atoms with E-state index >= 15 is 0 Å². The predicted molar refractivity (Wildman–Crippen MR) is 81.0 cm³/mol. The van der Waals surface area contributed by atoms with Crippen molar-refractivity contribution in [1.82, 2.24) is 4.90 Å². The number of carboxylic acids is 1. The maximum Gasteiger partial charge on any atom is 0.308 e. The predicted octanol–water partition coefficient (Wildman–Crippen LogP) is 3.08. The number of carbonyl (C=O) groups excluding carboxylic acids is 1. The second-order valence-electron chi connectivity index (χ2n) is 5.88. The van der Waals surface area contributed by atoms with Crippen molar-refractivity contribution in [3.8, 4) is 0 Å². The molecule has 4 nitrogen and oxygen atoms in total. The second-order valence-corrected chi connectivity index (χ2v) is 5.88. The molecule has 0 aromatic heterocycles. The number of hydrogen-bond acceptors (Lipinski definition) is 2. The molecule has 21 heavy (non-hydrogen) atoms. The van der Waals surface area contributed by atoms with Crippen LogP contribution in [-0.4, -0.2) is 28.4 Å². The zero-order valence-electron chi connectivity index (χ0n) is 12.9. The third kappa shape index (κ3) is 3.09. The second kappa shape index (κ2) is 6.29. The smallest absolute Gasteiger partial charge is 0.308 e. The lowest BCUT2D eigenvalue weighted by Crippen LogP contribution is -2.45. The Morgan fingerprint density at radius 1 is 1.38 bits per heavy atom. The Kier molecular flexibility index (Phi) is 4.66. The highest BCUT2D eigenvalue weighted by Gasteiger charge is 2.40. The summed E-state index contributed by atoms with van der Waals surface area (Å²) in [7, 11) is 0. The van der Waals surface area contributed by atoms with Gasteiger partial charge in [0, 0.05) is 13.0 Å². The molecule has 2 rings (SSSR count). The molecule has 2 unspecified atom stereocenters. The number of hydrogen-bond donors (Lipinski definition) is 1. The first-order valence-electron chi connectivity index (χ1n) is 7.55. The molecule has 114 valence electrons. The number of aliphatic carboxylic acids is 1. The van der Waals surface area contributed by atoms with E-state index in [2.05, 4.69) is 0 Å². The summed E-state index contributed by atoms with van der Waals surface area (Å²) < 4.78 is 0. The van der Waals surface area contributed by atoms with Gasteiger partial charge in [0.05, 0.1) is 12.0 Å². The summed E-state index contributed by atoms with van der Waals surface area (Å²) in [5.41, 5.74) is 3.12. The Balaban J connectivity index is 2.51. The average molecular weight is 289 g/mol. The molecule has 0 spiro atoms. The number of carboxylic acid groups (broad SMARTS) is 1. The highest BCUT2D eigenvalue weighted by molar-refractivity contribution is 5.82. The molecule has 1 aromatic carbocycles. The Morgan fingerprint density at radius 2 is 2.10 bits per heavy atom. The fourth-order valence-corrected chi connectivity index (χ4v) is 3.18. The van der Waals surface area contributed by atoms with Crippen LogP contribution in [0.2, 0.25) is 0 Å². The minimum atomic E-state index is -0.811. The van der Waals surface area contributed by atoms with Crippen LogP contribution in [0.15, 0.2) is 18.2 Å². The van der Waals surface area contributed by atoms with Gasteiger partial charge in [-0.25, -0.2) is 0 Å². The summed E-state index contributed by atoms with van der Waals surface area (Å²) >= 11 is 0. The van der Waals surface area contributed by atoms with E-state index in [-0.39, 0.29) is 11.9 Å². The standard InChI is InChI=1S/C17H23NO3/c1-4-9-18-15(19)8-7-13(17(20)21)16(18)14-10-11(2)5-6-12(14)3/h5-6,10,13,16H,4,7-9H2,1-3H3,(H,20,21). The first-order chi connectivity index (χ1) is 9.95. The fourth-order valence-electron chi connectivity index (χ4n) is 3.18. The molecule has 4 heteroatoms. The quantitative estimate of drug-likeness (QED) is 0.926. The molecule has 0 radical (unpaired) electrons. The summed E-state index contributed by atoms with van der Waals surface area (Å²) in [6.45, 7) is 6.60. The number of carbonyl (C=O) groups is 2. The van der Waals surface area contributed by atoms with E-state index in [1.54, 1.807) is 4.90 Å². The molecule has 1 saturated heterocycles. The maximum atomic E-state index is 12.3. The van der Waals surface area contributed by atoms with Crippen molar-refractivity contribution >= 4 is 11.9 Å². The number of aryl methyl sites for hydroxylation is 2. The normalized spacial score (nSPS) is 22.4. The van der Waals surface area contributed by atoms with Crippen molar-refractivity contribution in [1.29, 1.82) is 0 Å². The van der Waals surface area contributed by atoms with Crippen molar-refractivity contribution in [2.24, 2.45) is 5.92 Å². The van der Waals surface area contributed by atoms with E-state index in [0.29, 0.717) is 19.4 Å². The number of piperidine rings is 1. The number of nitrogens with zero attached hydrogens (tertiary/aromatic N) is 1. The summed E-state index contributed by atoms with van der Waals surface area (Å²) in [6, 6.07) is 5.71. The summed E-state index contributed by atoms with van der Waals surface area (Å²) in [5.74, 6) is -1.26. The van der Waals surface area contributed by atoms with Gasteiger partial charge in [0.25, 0.3) is 0 Å². The molecule has 1 aromatic rings. The van der Waals surface area contributed by atoms with Gasteiger partial charge in [-0.15, -0.1) is 0 Å². The van der Waals surface area contributed by atoms with Crippen LogP contribution in [0.3, 0.4) is 0 Å². The van der Waals surface area contributed by atoms with Crippen LogP contribution in [0.5, 0.6) is 0 Å². The van der Waals surface area contributed by atoms with E-state index < -0.39 is 11.9 Å². The van der Waals surface area contributed by atoms with E-state index in [0.717, 1.165) is 23.1 Å². The molecule has 1 N–H and O–H groups in total. The van der Waals surface area contributed by atoms with Gasteiger partial charge >= 0.3 is 5.97 Å². The number of benzene rings is 1. The van der Waals surface area contributed by atoms with Crippen LogP contribution in [0.4, 0.5) is 0 Å². The van der Waals surface area contributed by atoms with Crippen LogP contribution in [-0.2, 0) is 9.59 Å². The Hall–Kier alpha value is -1.84. The zero-order valence-corrected chi connectivity index (χ0v) is 12.9. The van der Waals surface area contributed by atoms with Gasteiger partial charge < -0.3 is 10.0 Å². The molecule has 1 heterocycles. The van der Waals surface area contributed by atoms with Crippen molar-refractivity contribution in [2.75, 3.05) is 6.54 Å². The molecular weight excluding hydrogens is 266 g/mol. The van der Waals surface area contributed by atoms with Crippen LogP contribution in [0, 0.1) is 19.8 Å². The molecule has 1 aliphatic heterocycles. The first-order valence-corrected chi connectivity index (χ1v) is 7.55. The average Bonchev–Trinajstić information content (AvgIpc) is 2.43. The van der Waals surface area contributed by atoms with Crippen LogP contribution < -0.4 is 0 Å². The van der Waals surface area contributed by atoms with Gasteiger partial charge in [0.1, 0.15) is 0 Å². The molecule has 1 fully saturated rings. The highest BCUT2D eigenvalue weighted by atomic mass is 16.4. The van der Waals surface area contributed by atoms with E-state index in [1.807, 2.05) is 39.0 Å². The molecule has 2 atom stereocenters. The van der Waals surface area contributed by atoms with Gasteiger partial charge in [-0.2, -0.15) is 0 Å². The SMILES string of the molecule is CCCN1C(=O)CCC(C(=O)O)C1c1cc(C)ccc1C. The Labute approximate surface area is 125 Å². The van der Waals surface area contributed by atoms with E-state index in [1.165, 1.54) is 0 Å². The molecule has 0 saturated carbocycles. The molecule has 1 aliphatic rings. The van der Waals surface area contributed by atoms with Gasteiger partial charge in [0.2, 0.25) is 5.91 Å². The highest BCUT2D eigenvalue weighted by Crippen LogP contribution is 2.38. The van der Waals surface area contributed by atoms with Crippen LogP contribution in [0.1, 0.15) is 48.9 Å². The lowest BCUT2D eigenvalue weighted by atomic mass is 9.82. The Bertz CT molecular complexity index is 553. The minimum absolute atomic E-state index is 0.0697. The summed E-state index contributed by atoms with van der Waals surface area (Å²) in [5, 5.41) is 9.56. The minimum Gasteiger partial charge on any atom is -0.481 e. The topological polar surface area (TPSA) is 57.6 Å². The van der Waals surface area contributed by atoms with Crippen molar-refractivity contribution in [3.05, 3.63) is 34.9 Å². The lowest BCUT2D eigenvalue weighted by molar-refractivity contribution is -0.152. The molecular formula is C17H23NO3. The fraction of sp³-hybridized carbons (Fsp3) is 0.529. The van der Waals surface area contributed by atoms with Crippen molar-refractivity contribution < 1.29 is 14.7 Å². The Morgan fingerprint density at radius 3 is 2.71 bits per heavy atom. The summed E-state index contributed by atoms with van der Waals surface area (Å²) in [4.78, 5) is 25.7. The van der Waals surface area contributed by atoms with E-state index in [9.17, 15) is 14.7 Å².